The van der Waals surface area contributed by atoms with Gasteiger partial charge in [-0.25, -0.2) is 0 Å². The zero-order chi connectivity index (χ0) is 14.1. The largest absolute Gasteiger partial charge is 0.382 e. The molecule has 1 aromatic carbocycles. The van der Waals surface area contributed by atoms with Gasteiger partial charge >= 0.3 is 0 Å². The minimum atomic E-state index is -0.923. The van der Waals surface area contributed by atoms with Gasteiger partial charge in [0.2, 0.25) is 0 Å². The smallest absolute Gasteiger partial charge is 0.123 e. The standard InChI is InChI=1S/C15H10Cl2N2O/c16-10-6-13(17)14(19-7-10)15(20)11-3-1-2-9-4-5-18-8-12(9)11/h1-8,15,20H. The molecule has 2 heterocycles. The van der Waals surface area contributed by atoms with Gasteiger partial charge in [0.25, 0.3) is 0 Å². The molecule has 0 spiro atoms. The zero-order valence-electron chi connectivity index (χ0n) is 10.3. The summed E-state index contributed by atoms with van der Waals surface area (Å²) in [5, 5.41) is 13.2. The van der Waals surface area contributed by atoms with Crippen molar-refractivity contribution in [2.24, 2.45) is 0 Å². The average Bonchev–Trinajstić information content (AvgIpc) is 2.46. The van der Waals surface area contributed by atoms with Crippen molar-refractivity contribution in [1.82, 2.24) is 9.97 Å². The van der Waals surface area contributed by atoms with Crippen LogP contribution in [0.15, 0.2) is 48.9 Å². The minimum Gasteiger partial charge on any atom is -0.382 e. The molecule has 2 aromatic heterocycles. The summed E-state index contributed by atoms with van der Waals surface area (Å²) >= 11 is 11.9. The van der Waals surface area contributed by atoms with Crippen molar-refractivity contribution in [2.45, 2.75) is 6.10 Å². The number of hydrogen-bond donors (Lipinski definition) is 1. The van der Waals surface area contributed by atoms with Gasteiger partial charge in [-0.15, -0.1) is 0 Å². The summed E-state index contributed by atoms with van der Waals surface area (Å²) in [7, 11) is 0. The number of nitrogens with zero attached hydrogens (tertiary/aromatic N) is 2. The van der Waals surface area contributed by atoms with Crippen molar-refractivity contribution >= 4 is 34.0 Å². The van der Waals surface area contributed by atoms with Crippen LogP contribution in [0.3, 0.4) is 0 Å². The molecule has 1 unspecified atom stereocenters. The summed E-state index contributed by atoms with van der Waals surface area (Å²) < 4.78 is 0. The predicted molar refractivity (Wildman–Crippen MR) is 80.1 cm³/mol. The van der Waals surface area contributed by atoms with Gasteiger partial charge in [0.05, 0.1) is 15.7 Å². The third-order valence-electron chi connectivity index (χ3n) is 3.11. The van der Waals surface area contributed by atoms with E-state index in [0.29, 0.717) is 21.3 Å². The van der Waals surface area contributed by atoms with Crippen LogP contribution in [-0.4, -0.2) is 15.1 Å². The molecule has 1 N–H and O–H groups in total. The van der Waals surface area contributed by atoms with Crippen molar-refractivity contribution in [3.8, 4) is 0 Å². The maximum atomic E-state index is 10.5. The molecule has 0 amide bonds. The Balaban J connectivity index is 2.15. The highest BCUT2D eigenvalue weighted by Crippen LogP contribution is 2.31. The number of pyridine rings is 2. The van der Waals surface area contributed by atoms with Crippen molar-refractivity contribution in [3.63, 3.8) is 0 Å². The van der Waals surface area contributed by atoms with Crippen molar-refractivity contribution in [3.05, 3.63) is 70.2 Å². The molecule has 1 atom stereocenters. The van der Waals surface area contributed by atoms with Crippen LogP contribution in [0.2, 0.25) is 10.0 Å². The number of aliphatic hydroxyl groups is 1. The molecule has 3 aromatic rings. The lowest BCUT2D eigenvalue weighted by atomic mass is 10.00. The molecular weight excluding hydrogens is 295 g/mol. The van der Waals surface area contributed by atoms with Crippen LogP contribution < -0.4 is 0 Å². The number of aliphatic hydroxyl groups excluding tert-OH is 1. The Kier molecular flexibility index (Phi) is 3.57. The normalized spacial score (nSPS) is 12.6. The predicted octanol–water partition coefficient (Wildman–Crippen LogP) is 4.02. The molecule has 0 aliphatic carbocycles. The van der Waals surface area contributed by atoms with E-state index in [2.05, 4.69) is 9.97 Å². The van der Waals surface area contributed by atoms with E-state index in [1.807, 2.05) is 24.3 Å². The Morgan fingerprint density at radius 2 is 1.95 bits per heavy atom. The molecule has 0 saturated carbocycles. The molecule has 0 radical (unpaired) electrons. The van der Waals surface area contributed by atoms with Crippen LogP contribution in [0.5, 0.6) is 0 Å². The average molecular weight is 305 g/mol. The second kappa shape index (κ2) is 5.37. The lowest BCUT2D eigenvalue weighted by Gasteiger charge is -2.14. The lowest BCUT2D eigenvalue weighted by molar-refractivity contribution is 0.217. The minimum absolute atomic E-state index is 0.339. The van der Waals surface area contributed by atoms with Crippen LogP contribution in [0.4, 0.5) is 0 Å². The molecule has 0 bridgehead atoms. The van der Waals surface area contributed by atoms with Gasteiger partial charge < -0.3 is 5.11 Å². The molecule has 3 rings (SSSR count). The molecule has 0 aliphatic rings. The maximum absolute atomic E-state index is 10.5. The summed E-state index contributed by atoms with van der Waals surface area (Å²) in [6, 6.07) is 9.14. The zero-order valence-corrected chi connectivity index (χ0v) is 11.8. The molecule has 0 saturated heterocycles. The Labute approximate surface area is 125 Å². The maximum Gasteiger partial charge on any atom is 0.123 e. The highest BCUT2D eigenvalue weighted by atomic mass is 35.5. The van der Waals surface area contributed by atoms with E-state index < -0.39 is 6.10 Å². The van der Waals surface area contributed by atoms with E-state index in [1.54, 1.807) is 18.5 Å². The summed E-state index contributed by atoms with van der Waals surface area (Å²) in [5.41, 5.74) is 1.10. The van der Waals surface area contributed by atoms with Crippen molar-refractivity contribution < 1.29 is 5.11 Å². The Morgan fingerprint density at radius 1 is 1.10 bits per heavy atom. The summed E-state index contributed by atoms with van der Waals surface area (Å²) in [4.78, 5) is 8.23. The molecule has 100 valence electrons. The van der Waals surface area contributed by atoms with Crippen LogP contribution in [0, 0.1) is 0 Å². The van der Waals surface area contributed by atoms with Gasteiger partial charge in [-0.3, -0.25) is 9.97 Å². The lowest BCUT2D eigenvalue weighted by Crippen LogP contribution is -2.04. The summed E-state index contributed by atoms with van der Waals surface area (Å²) in [6.07, 6.45) is 3.98. The number of rotatable bonds is 2. The first-order chi connectivity index (χ1) is 9.66. The van der Waals surface area contributed by atoms with Gasteiger partial charge in [-0.2, -0.15) is 0 Å². The van der Waals surface area contributed by atoms with Gasteiger partial charge in [-0.1, -0.05) is 41.4 Å². The first-order valence-corrected chi connectivity index (χ1v) is 6.74. The summed E-state index contributed by atoms with van der Waals surface area (Å²) in [6.45, 7) is 0. The number of benzene rings is 1. The SMILES string of the molecule is OC(c1ncc(Cl)cc1Cl)c1cccc2ccncc12. The Morgan fingerprint density at radius 3 is 2.75 bits per heavy atom. The molecule has 3 nitrogen and oxygen atoms in total. The first-order valence-electron chi connectivity index (χ1n) is 5.98. The second-order valence-corrected chi connectivity index (χ2v) is 5.21. The molecule has 0 aliphatic heterocycles. The van der Waals surface area contributed by atoms with Crippen molar-refractivity contribution in [2.75, 3.05) is 0 Å². The quantitative estimate of drug-likeness (QED) is 0.778. The monoisotopic (exact) mass is 304 g/mol. The number of fused-ring (bicyclic) bond motifs is 1. The van der Waals surface area contributed by atoms with E-state index in [-0.39, 0.29) is 0 Å². The number of aromatic nitrogens is 2. The third kappa shape index (κ3) is 2.36. The Bertz CT molecular complexity index is 771. The molecule has 5 heteroatoms. The first kappa shape index (κ1) is 13.3. The van der Waals surface area contributed by atoms with E-state index in [4.69, 9.17) is 23.2 Å². The fraction of sp³-hybridized carbons (Fsp3) is 0.0667. The van der Waals surface area contributed by atoms with Gasteiger partial charge in [0.15, 0.2) is 0 Å². The van der Waals surface area contributed by atoms with Gasteiger partial charge in [0, 0.05) is 24.0 Å². The molecule has 20 heavy (non-hydrogen) atoms. The molecule has 0 fully saturated rings. The number of halogens is 2. The van der Waals surface area contributed by atoms with Crippen LogP contribution >= 0.6 is 23.2 Å². The topological polar surface area (TPSA) is 46.0 Å². The molecular formula is C15H10Cl2N2O. The van der Waals surface area contributed by atoms with Crippen LogP contribution in [-0.2, 0) is 0 Å². The highest BCUT2D eigenvalue weighted by Gasteiger charge is 2.18. The highest BCUT2D eigenvalue weighted by molar-refractivity contribution is 6.34. The fourth-order valence-electron chi connectivity index (χ4n) is 2.15. The summed E-state index contributed by atoms with van der Waals surface area (Å²) in [5.74, 6) is 0. The number of hydrogen-bond acceptors (Lipinski definition) is 3. The van der Waals surface area contributed by atoms with E-state index in [1.165, 1.54) is 6.20 Å². The van der Waals surface area contributed by atoms with E-state index >= 15 is 0 Å². The fourth-order valence-corrected chi connectivity index (χ4v) is 2.63. The van der Waals surface area contributed by atoms with Crippen LogP contribution in [0.25, 0.3) is 10.8 Å². The van der Waals surface area contributed by atoms with E-state index in [0.717, 1.165) is 10.8 Å². The van der Waals surface area contributed by atoms with Crippen molar-refractivity contribution in [1.29, 1.82) is 0 Å². The van der Waals surface area contributed by atoms with Gasteiger partial charge in [-0.05, 0) is 23.1 Å². The van der Waals surface area contributed by atoms with E-state index in [9.17, 15) is 5.11 Å². The van der Waals surface area contributed by atoms with Crippen LogP contribution in [0.1, 0.15) is 17.4 Å². The second-order valence-electron chi connectivity index (χ2n) is 4.37. The third-order valence-corrected chi connectivity index (χ3v) is 3.62. The van der Waals surface area contributed by atoms with Gasteiger partial charge in [0.1, 0.15) is 6.10 Å². The Hall–Kier alpha value is -1.68.